The van der Waals surface area contributed by atoms with Gasteiger partial charge in [-0.05, 0) is 36.8 Å². The summed E-state index contributed by atoms with van der Waals surface area (Å²) < 4.78 is 26.3. The second-order valence-corrected chi connectivity index (χ2v) is 6.44. The third-order valence-electron chi connectivity index (χ3n) is 3.81. The first-order valence-corrected chi connectivity index (χ1v) is 8.36. The summed E-state index contributed by atoms with van der Waals surface area (Å²) in [5.41, 5.74) is 0.481. The Kier molecular flexibility index (Phi) is 6.08. The molecule has 1 atom stereocenters. The van der Waals surface area contributed by atoms with Crippen molar-refractivity contribution in [3.05, 3.63) is 69.8 Å². The fourth-order valence-corrected chi connectivity index (χ4v) is 2.95. The average Bonchev–Trinajstić information content (AvgIpc) is 2.61. The Balaban J connectivity index is 1.97. The van der Waals surface area contributed by atoms with Gasteiger partial charge in [-0.3, -0.25) is 14.9 Å². The molecule has 25 heavy (non-hydrogen) atoms. The average molecular weight is 366 g/mol. The molecule has 132 valence electrons. The second-order valence-electron chi connectivity index (χ2n) is 5.39. The van der Waals surface area contributed by atoms with Gasteiger partial charge in [0.2, 0.25) is 5.91 Å². The molecule has 0 aliphatic heterocycles. The molecule has 0 saturated heterocycles. The second kappa shape index (κ2) is 8.06. The third-order valence-corrected chi connectivity index (χ3v) is 4.81. The Morgan fingerprint density at radius 1 is 1.20 bits per heavy atom. The molecule has 0 aromatic heterocycles. The molecule has 0 N–H and O–H groups in total. The monoisotopic (exact) mass is 366 g/mol. The maximum Gasteiger partial charge on any atom is 0.269 e. The van der Waals surface area contributed by atoms with Crippen molar-refractivity contribution >= 4 is 23.4 Å². The lowest BCUT2D eigenvalue weighted by atomic mass is 10.1. The van der Waals surface area contributed by atoms with Crippen LogP contribution in [0.1, 0.15) is 18.5 Å². The Morgan fingerprint density at radius 2 is 1.84 bits per heavy atom. The van der Waals surface area contributed by atoms with Gasteiger partial charge in [0.1, 0.15) is 0 Å². The molecule has 0 aliphatic carbocycles. The highest BCUT2D eigenvalue weighted by Gasteiger charge is 2.19. The number of nitro benzene ring substituents is 1. The molecular weight excluding hydrogens is 350 g/mol. The van der Waals surface area contributed by atoms with Crippen molar-refractivity contribution in [1.29, 1.82) is 0 Å². The van der Waals surface area contributed by atoms with Crippen molar-refractivity contribution in [2.45, 2.75) is 17.9 Å². The molecule has 0 bridgehead atoms. The van der Waals surface area contributed by atoms with Crippen LogP contribution < -0.4 is 0 Å². The van der Waals surface area contributed by atoms with E-state index in [1.54, 1.807) is 26.1 Å². The number of amides is 1. The molecule has 0 fully saturated rings. The van der Waals surface area contributed by atoms with Gasteiger partial charge in [0, 0.05) is 24.1 Å². The molecule has 1 amide bonds. The number of benzene rings is 2. The molecule has 0 saturated carbocycles. The van der Waals surface area contributed by atoms with Crippen LogP contribution in [0.3, 0.4) is 0 Å². The van der Waals surface area contributed by atoms with Gasteiger partial charge < -0.3 is 4.90 Å². The van der Waals surface area contributed by atoms with Crippen molar-refractivity contribution in [3.63, 3.8) is 0 Å². The Morgan fingerprint density at radius 3 is 2.40 bits per heavy atom. The van der Waals surface area contributed by atoms with Crippen LogP contribution in [0, 0.1) is 21.7 Å². The van der Waals surface area contributed by atoms with Gasteiger partial charge in [-0.25, -0.2) is 8.78 Å². The van der Waals surface area contributed by atoms with Crippen LogP contribution in [0.5, 0.6) is 0 Å². The molecule has 8 heteroatoms. The van der Waals surface area contributed by atoms with Crippen LogP contribution in [-0.4, -0.2) is 28.5 Å². The molecule has 0 spiro atoms. The summed E-state index contributed by atoms with van der Waals surface area (Å²) >= 11 is 1.25. The normalized spacial score (nSPS) is 11.8. The number of nitrogens with zero attached hydrogens (tertiary/aromatic N) is 2. The number of carbonyl (C=O) groups excluding carboxylic acids is 1. The van der Waals surface area contributed by atoms with Gasteiger partial charge in [-0.1, -0.05) is 6.07 Å². The Bertz CT molecular complexity index is 784. The van der Waals surface area contributed by atoms with E-state index in [4.69, 9.17) is 0 Å². The Labute approximate surface area is 147 Å². The molecule has 2 rings (SSSR count). The van der Waals surface area contributed by atoms with Gasteiger partial charge in [0.05, 0.1) is 16.7 Å². The van der Waals surface area contributed by atoms with Gasteiger partial charge in [-0.2, -0.15) is 0 Å². The zero-order valence-corrected chi connectivity index (χ0v) is 14.4. The minimum atomic E-state index is -0.953. The van der Waals surface area contributed by atoms with Crippen molar-refractivity contribution in [1.82, 2.24) is 4.90 Å². The van der Waals surface area contributed by atoms with E-state index in [1.165, 1.54) is 34.9 Å². The van der Waals surface area contributed by atoms with Crippen LogP contribution in [0.15, 0.2) is 47.4 Å². The number of rotatable bonds is 6. The van der Waals surface area contributed by atoms with E-state index in [-0.39, 0.29) is 17.3 Å². The highest BCUT2D eigenvalue weighted by molar-refractivity contribution is 8.00. The smallest absolute Gasteiger partial charge is 0.269 e. The van der Waals surface area contributed by atoms with Gasteiger partial charge in [0.25, 0.3) is 5.69 Å². The molecule has 5 nitrogen and oxygen atoms in total. The number of carbonyl (C=O) groups is 1. The van der Waals surface area contributed by atoms with Gasteiger partial charge >= 0.3 is 0 Å². The minimum Gasteiger partial charge on any atom is -0.338 e. The number of hydrogen-bond donors (Lipinski definition) is 0. The van der Waals surface area contributed by atoms with Crippen molar-refractivity contribution in [2.24, 2.45) is 0 Å². The van der Waals surface area contributed by atoms with E-state index in [1.807, 2.05) is 0 Å². The summed E-state index contributed by atoms with van der Waals surface area (Å²) in [6, 6.07) is 9.04. The molecule has 1 unspecified atom stereocenters. The maximum atomic E-state index is 13.3. The summed E-state index contributed by atoms with van der Waals surface area (Å²) in [5.74, 6) is -1.95. The highest BCUT2D eigenvalue weighted by atomic mass is 32.2. The molecule has 0 heterocycles. The number of non-ortho nitro benzene ring substituents is 1. The number of nitro groups is 1. The standard InChI is InChI=1S/C17H16F2N2O3S/c1-11(12-3-8-15(18)16(19)9-12)20(2)17(22)10-25-14-6-4-13(5-7-14)21(23)24/h3-9,11H,10H2,1-2H3. The predicted octanol–water partition coefficient (Wildman–Crippen LogP) is 4.18. The summed E-state index contributed by atoms with van der Waals surface area (Å²) in [6.07, 6.45) is 0. The van der Waals surface area contributed by atoms with Crippen LogP contribution in [0.2, 0.25) is 0 Å². The van der Waals surface area contributed by atoms with Crippen molar-refractivity contribution < 1.29 is 18.5 Å². The lowest BCUT2D eigenvalue weighted by molar-refractivity contribution is -0.384. The Hall–Kier alpha value is -2.48. The first kappa shape index (κ1) is 18.9. The summed E-state index contributed by atoms with van der Waals surface area (Å²) in [4.78, 5) is 24.6. The van der Waals surface area contributed by atoms with E-state index in [2.05, 4.69) is 0 Å². The van der Waals surface area contributed by atoms with Crippen LogP contribution in [0.4, 0.5) is 14.5 Å². The van der Waals surface area contributed by atoms with E-state index in [9.17, 15) is 23.7 Å². The first-order chi connectivity index (χ1) is 11.8. The SMILES string of the molecule is CC(c1ccc(F)c(F)c1)N(C)C(=O)CSc1ccc([N+](=O)[O-])cc1. The highest BCUT2D eigenvalue weighted by Crippen LogP contribution is 2.24. The molecular formula is C17H16F2N2O3S. The van der Waals surface area contributed by atoms with Crippen LogP contribution in [-0.2, 0) is 4.79 Å². The summed E-state index contributed by atoms with van der Waals surface area (Å²) in [5, 5.41) is 10.6. The topological polar surface area (TPSA) is 63.5 Å². The van der Waals surface area contributed by atoms with Crippen LogP contribution in [0.25, 0.3) is 0 Å². The van der Waals surface area contributed by atoms with E-state index in [0.717, 1.165) is 17.0 Å². The van der Waals surface area contributed by atoms with Crippen molar-refractivity contribution in [3.8, 4) is 0 Å². The lowest BCUT2D eigenvalue weighted by Gasteiger charge is -2.25. The largest absolute Gasteiger partial charge is 0.338 e. The minimum absolute atomic E-state index is 0.0141. The fourth-order valence-electron chi connectivity index (χ4n) is 2.12. The van der Waals surface area contributed by atoms with Crippen molar-refractivity contribution in [2.75, 3.05) is 12.8 Å². The van der Waals surface area contributed by atoms with E-state index >= 15 is 0 Å². The lowest BCUT2D eigenvalue weighted by Crippen LogP contribution is -2.31. The van der Waals surface area contributed by atoms with E-state index < -0.39 is 22.6 Å². The van der Waals surface area contributed by atoms with Gasteiger partial charge in [-0.15, -0.1) is 11.8 Å². The fraction of sp³-hybridized carbons (Fsp3) is 0.235. The quantitative estimate of drug-likeness (QED) is 0.437. The summed E-state index contributed by atoms with van der Waals surface area (Å²) in [6.45, 7) is 1.72. The number of thioether (sulfide) groups is 1. The maximum absolute atomic E-state index is 13.3. The molecule has 0 aliphatic rings. The summed E-state index contributed by atoms with van der Waals surface area (Å²) in [7, 11) is 1.59. The van der Waals surface area contributed by atoms with Crippen LogP contribution >= 0.6 is 11.8 Å². The van der Waals surface area contributed by atoms with Gasteiger partial charge in [0.15, 0.2) is 11.6 Å². The predicted molar refractivity (Wildman–Crippen MR) is 91.4 cm³/mol. The third kappa shape index (κ3) is 4.76. The van der Waals surface area contributed by atoms with E-state index in [0.29, 0.717) is 5.56 Å². The molecule has 0 radical (unpaired) electrons. The zero-order valence-electron chi connectivity index (χ0n) is 13.6. The molecule has 2 aromatic carbocycles. The first-order valence-electron chi connectivity index (χ1n) is 7.37. The zero-order chi connectivity index (χ0) is 18.6. The molecule has 2 aromatic rings. The number of hydrogen-bond acceptors (Lipinski definition) is 4. The number of halogens is 2.